The Kier molecular flexibility index (Phi) is 6.14. The molecule has 32 heavy (non-hydrogen) atoms. The van der Waals surface area contributed by atoms with Crippen molar-refractivity contribution < 1.29 is 32.0 Å². The Morgan fingerprint density at radius 2 is 1.84 bits per heavy atom. The van der Waals surface area contributed by atoms with E-state index < -0.39 is 22.9 Å². The van der Waals surface area contributed by atoms with Crippen LogP contribution in [0.1, 0.15) is 30.6 Å². The van der Waals surface area contributed by atoms with Crippen molar-refractivity contribution >= 4 is 34.9 Å². The van der Waals surface area contributed by atoms with Gasteiger partial charge in [0.25, 0.3) is 11.1 Å². The fraction of sp³-hybridized carbons (Fsp3) is 0.318. The lowest BCUT2D eigenvalue weighted by Crippen LogP contribution is -2.44. The van der Waals surface area contributed by atoms with Crippen LogP contribution in [0.15, 0.2) is 45.7 Å². The van der Waals surface area contributed by atoms with Crippen LogP contribution in [0.25, 0.3) is 17.4 Å². The zero-order valence-corrected chi connectivity index (χ0v) is 17.7. The second-order valence-corrected chi connectivity index (χ2v) is 8.48. The van der Waals surface area contributed by atoms with E-state index in [0.29, 0.717) is 24.9 Å². The average Bonchev–Trinajstić information content (AvgIpc) is 3.34. The molecule has 0 aliphatic carbocycles. The zero-order valence-electron chi connectivity index (χ0n) is 16.9. The number of carbonyl (C=O) groups is 3. The molecule has 168 valence electrons. The number of amides is 3. The van der Waals surface area contributed by atoms with Crippen LogP contribution >= 0.6 is 11.8 Å². The van der Waals surface area contributed by atoms with Crippen molar-refractivity contribution in [3.05, 3.63) is 52.6 Å². The van der Waals surface area contributed by atoms with Gasteiger partial charge in [0.05, 0.1) is 10.5 Å². The topological polar surface area (TPSA) is 70.8 Å². The molecule has 3 amide bonds. The van der Waals surface area contributed by atoms with Gasteiger partial charge in [-0.2, -0.15) is 13.2 Å². The minimum atomic E-state index is -4.48. The van der Waals surface area contributed by atoms with Crippen LogP contribution in [0, 0.1) is 0 Å². The first kappa shape index (κ1) is 22.2. The van der Waals surface area contributed by atoms with Gasteiger partial charge in [0.2, 0.25) is 5.91 Å². The zero-order chi connectivity index (χ0) is 22.9. The number of hydrogen-bond acceptors (Lipinski definition) is 5. The Morgan fingerprint density at radius 3 is 2.56 bits per heavy atom. The maximum absolute atomic E-state index is 12.9. The van der Waals surface area contributed by atoms with Gasteiger partial charge in [-0.05, 0) is 55.3 Å². The SMILES string of the molecule is O=C(CN1C(=O)SC(=Cc2ccc(-c3cccc(C(F)(F)F)c3)o2)C1=O)N1CCCCC1. The van der Waals surface area contributed by atoms with Gasteiger partial charge >= 0.3 is 6.18 Å². The second-order valence-electron chi connectivity index (χ2n) is 7.49. The van der Waals surface area contributed by atoms with Gasteiger partial charge in [-0.3, -0.25) is 19.3 Å². The number of nitrogens with zero attached hydrogens (tertiary/aromatic N) is 2. The van der Waals surface area contributed by atoms with Gasteiger partial charge in [0.1, 0.15) is 18.1 Å². The molecule has 2 saturated heterocycles. The van der Waals surface area contributed by atoms with Crippen molar-refractivity contribution in [2.24, 2.45) is 0 Å². The second kappa shape index (κ2) is 8.85. The largest absolute Gasteiger partial charge is 0.457 e. The maximum atomic E-state index is 12.9. The van der Waals surface area contributed by atoms with Gasteiger partial charge < -0.3 is 9.32 Å². The van der Waals surface area contributed by atoms with Crippen molar-refractivity contribution in [3.8, 4) is 11.3 Å². The standard InChI is InChI=1S/C22H19F3N2O4S/c23-22(24,25)15-6-4-5-14(11-15)17-8-7-16(31-17)12-18-20(29)27(21(30)32-18)13-19(28)26-9-2-1-3-10-26/h4-8,11-12H,1-3,9-10,13H2. The van der Waals surface area contributed by atoms with E-state index in [4.69, 9.17) is 4.42 Å². The lowest BCUT2D eigenvalue weighted by molar-refractivity contribution is -0.137. The molecular formula is C22H19F3N2O4S. The first-order chi connectivity index (χ1) is 15.2. The molecule has 0 N–H and O–H groups in total. The first-order valence-corrected chi connectivity index (χ1v) is 10.8. The molecule has 2 aliphatic rings. The summed E-state index contributed by atoms with van der Waals surface area (Å²) in [6.07, 6.45) is -0.261. The molecule has 0 saturated carbocycles. The highest BCUT2D eigenvalue weighted by Gasteiger charge is 2.37. The molecule has 0 bridgehead atoms. The number of thioether (sulfide) groups is 1. The van der Waals surface area contributed by atoms with Gasteiger partial charge in [0.15, 0.2) is 0 Å². The minimum Gasteiger partial charge on any atom is -0.457 e. The summed E-state index contributed by atoms with van der Waals surface area (Å²) in [6, 6.07) is 7.70. The Balaban J connectivity index is 1.48. The average molecular weight is 464 g/mol. The molecule has 1 aromatic heterocycles. The molecule has 0 radical (unpaired) electrons. The summed E-state index contributed by atoms with van der Waals surface area (Å²) in [5.74, 6) is -0.451. The number of furan rings is 1. The molecule has 2 aromatic rings. The summed E-state index contributed by atoms with van der Waals surface area (Å²) < 4.78 is 44.4. The molecular weight excluding hydrogens is 445 g/mol. The van der Waals surface area contributed by atoms with Crippen molar-refractivity contribution in [3.63, 3.8) is 0 Å². The van der Waals surface area contributed by atoms with Gasteiger partial charge in [-0.1, -0.05) is 12.1 Å². The van der Waals surface area contributed by atoms with Crippen LogP contribution in [-0.2, 0) is 15.8 Å². The minimum absolute atomic E-state index is 0.0892. The molecule has 1 aromatic carbocycles. The smallest absolute Gasteiger partial charge is 0.416 e. The molecule has 3 heterocycles. The Bertz CT molecular complexity index is 1090. The third-order valence-electron chi connectivity index (χ3n) is 5.25. The number of likely N-dealkylation sites (tertiary alicyclic amines) is 1. The molecule has 6 nitrogen and oxygen atoms in total. The van der Waals surface area contributed by atoms with Crippen molar-refractivity contribution in [2.45, 2.75) is 25.4 Å². The van der Waals surface area contributed by atoms with Crippen molar-refractivity contribution in [1.82, 2.24) is 9.80 Å². The number of imide groups is 1. The number of benzene rings is 1. The van der Waals surface area contributed by atoms with Crippen LogP contribution in [0.3, 0.4) is 0 Å². The molecule has 0 unspecified atom stereocenters. The van der Waals surface area contributed by atoms with E-state index in [1.165, 1.54) is 30.3 Å². The van der Waals surface area contributed by atoms with Crippen molar-refractivity contribution in [2.75, 3.05) is 19.6 Å². The fourth-order valence-corrected chi connectivity index (χ4v) is 4.40. The monoisotopic (exact) mass is 464 g/mol. The summed E-state index contributed by atoms with van der Waals surface area (Å²) in [5.41, 5.74) is -0.563. The first-order valence-electron chi connectivity index (χ1n) is 10.0. The van der Waals surface area contributed by atoms with Crippen LogP contribution in [0.5, 0.6) is 0 Å². The van der Waals surface area contributed by atoms with Crippen molar-refractivity contribution in [1.29, 1.82) is 0 Å². The lowest BCUT2D eigenvalue weighted by Gasteiger charge is -2.27. The number of hydrogen-bond donors (Lipinski definition) is 0. The predicted octanol–water partition coefficient (Wildman–Crippen LogP) is 5.01. The summed E-state index contributed by atoms with van der Waals surface area (Å²) >= 11 is 0.695. The quantitative estimate of drug-likeness (QED) is 0.595. The number of rotatable bonds is 4. The molecule has 10 heteroatoms. The van der Waals surface area contributed by atoms with E-state index >= 15 is 0 Å². The summed E-state index contributed by atoms with van der Waals surface area (Å²) in [7, 11) is 0. The fourth-order valence-electron chi connectivity index (χ4n) is 3.58. The Labute approximate surface area is 186 Å². The molecule has 0 spiro atoms. The van der Waals surface area contributed by atoms with E-state index in [1.807, 2.05) is 0 Å². The van der Waals surface area contributed by atoms with Gasteiger partial charge in [-0.25, -0.2) is 0 Å². The lowest BCUT2D eigenvalue weighted by atomic mass is 10.1. The Hall–Kier alpha value is -3.01. The van der Waals surface area contributed by atoms with Crippen LogP contribution in [0.4, 0.5) is 18.0 Å². The third-order valence-corrected chi connectivity index (χ3v) is 6.16. The van der Waals surface area contributed by atoms with Crippen LogP contribution in [0.2, 0.25) is 0 Å². The van der Waals surface area contributed by atoms with E-state index in [9.17, 15) is 27.6 Å². The van der Waals surface area contributed by atoms with Gasteiger partial charge in [-0.15, -0.1) is 0 Å². The van der Waals surface area contributed by atoms with Gasteiger partial charge in [0, 0.05) is 24.7 Å². The number of alkyl halides is 3. The molecule has 2 aliphatic heterocycles. The Morgan fingerprint density at radius 1 is 1.09 bits per heavy atom. The molecule has 4 rings (SSSR count). The number of carbonyl (C=O) groups excluding carboxylic acids is 3. The highest BCUT2D eigenvalue weighted by atomic mass is 32.2. The number of halogens is 3. The van der Waals surface area contributed by atoms with E-state index in [1.54, 1.807) is 4.90 Å². The summed E-state index contributed by atoms with van der Waals surface area (Å²) in [4.78, 5) is 40.0. The van der Waals surface area contributed by atoms with E-state index in [-0.39, 0.29) is 34.4 Å². The van der Waals surface area contributed by atoms with E-state index in [0.717, 1.165) is 36.3 Å². The third kappa shape index (κ3) is 4.74. The normalized spacial score (nSPS) is 18.7. The molecule has 2 fully saturated rings. The summed E-state index contributed by atoms with van der Waals surface area (Å²) in [5, 5.41) is -0.545. The predicted molar refractivity (Wildman–Crippen MR) is 112 cm³/mol. The maximum Gasteiger partial charge on any atom is 0.416 e. The van der Waals surface area contributed by atoms with Crippen LogP contribution < -0.4 is 0 Å². The highest BCUT2D eigenvalue weighted by molar-refractivity contribution is 8.18. The number of piperidine rings is 1. The molecule has 0 atom stereocenters. The summed E-state index contributed by atoms with van der Waals surface area (Å²) in [6.45, 7) is 0.931. The van der Waals surface area contributed by atoms with Crippen LogP contribution in [-0.4, -0.2) is 46.5 Å². The van der Waals surface area contributed by atoms with E-state index in [2.05, 4.69) is 0 Å². The highest BCUT2D eigenvalue weighted by Crippen LogP contribution is 2.35.